The topological polar surface area (TPSA) is 32.8 Å². The summed E-state index contributed by atoms with van der Waals surface area (Å²) in [6.45, 7) is 12.7. The number of benzene rings is 2. The van der Waals surface area contributed by atoms with E-state index in [4.69, 9.17) is 16.3 Å². The number of halogens is 1. The number of nitrogens with zero attached hydrogens (tertiary/aromatic N) is 2. The van der Waals surface area contributed by atoms with Crippen molar-refractivity contribution in [2.24, 2.45) is 0 Å². The van der Waals surface area contributed by atoms with Gasteiger partial charge in [0.05, 0.1) is 0 Å². The molecule has 0 radical (unpaired) electrons. The Morgan fingerprint density at radius 1 is 0.914 bits per heavy atom. The molecule has 4 nitrogen and oxygen atoms in total. The fraction of sp³-hybridized carbons (Fsp3) is 0.567. The van der Waals surface area contributed by atoms with Gasteiger partial charge < -0.3 is 14.5 Å². The lowest BCUT2D eigenvalue weighted by atomic mass is 10.1. The third-order valence-corrected chi connectivity index (χ3v) is 6.89. The average molecular weight is 501 g/mol. The number of carbonyl (C=O) groups is 1. The van der Waals surface area contributed by atoms with Crippen LogP contribution < -0.4 is 4.74 Å². The molecule has 194 valence electrons. The number of unbranched alkanes of at least 4 members (excludes halogenated alkanes) is 4. The minimum atomic E-state index is 0.203. The van der Waals surface area contributed by atoms with E-state index >= 15 is 0 Å². The van der Waals surface area contributed by atoms with E-state index in [1.165, 1.54) is 19.3 Å². The molecule has 0 N–H and O–H groups in total. The maximum atomic E-state index is 13.3. The van der Waals surface area contributed by atoms with Crippen LogP contribution in [-0.4, -0.2) is 41.4 Å². The van der Waals surface area contributed by atoms with Gasteiger partial charge in [-0.25, -0.2) is 0 Å². The van der Waals surface area contributed by atoms with E-state index in [0.717, 1.165) is 62.4 Å². The molecule has 0 spiro atoms. The standard InChI is InChI=1S/C30H45ClN2O2/c1-5-8-9-10-11-17-30(34)33(25(4)14-13-22-32(6-2)7-3)24-26-15-12-16-29(23-26)35-28-20-18-27(31)19-21-28/h12,15-16,18-21,23,25H,5-11,13-14,17,22,24H2,1-4H3. The molecule has 2 aromatic rings. The Balaban J connectivity index is 2.05. The number of carbonyl (C=O) groups excluding carboxylic acids is 1. The Kier molecular flexibility index (Phi) is 13.8. The van der Waals surface area contributed by atoms with Crippen molar-refractivity contribution in [2.45, 2.75) is 91.6 Å². The predicted octanol–water partition coefficient (Wildman–Crippen LogP) is 8.33. The number of ether oxygens (including phenoxy) is 1. The van der Waals surface area contributed by atoms with Crippen LogP contribution in [0.4, 0.5) is 0 Å². The highest BCUT2D eigenvalue weighted by atomic mass is 35.5. The summed E-state index contributed by atoms with van der Waals surface area (Å²) < 4.78 is 6.03. The Bertz CT molecular complexity index is 852. The van der Waals surface area contributed by atoms with Crippen molar-refractivity contribution in [3.63, 3.8) is 0 Å². The van der Waals surface area contributed by atoms with Crippen molar-refractivity contribution in [2.75, 3.05) is 19.6 Å². The first-order chi connectivity index (χ1) is 17.0. The summed E-state index contributed by atoms with van der Waals surface area (Å²) >= 11 is 5.99. The zero-order valence-corrected chi connectivity index (χ0v) is 23.0. The van der Waals surface area contributed by atoms with Gasteiger partial charge in [-0.2, -0.15) is 0 Å². The van der Waals surface area contributed by atoms with Crippen LogP contribution in [0.25, 0.3) is 0 Å². The second kappa shape index (κ2) is 16.6. The lowest BCUT2D eigenvalue weighted by molar-refractivity contribution is -0.134. The molecule has 2 aromatic carbocycles. The number of rotatable bonds is 17. The van der Waals surface area contributed by atoms with Crippen LogP contribution in [0.2, 0.25) is 5.02 Å². The Morgan fingerprint density at radius 2 is 1.63 bits per heavy atom. The van der Waals surface area contributed by atoms with E-state index in [2.05, 4.69) is 43.6 Å². The van der Waals surface area contributed by atoms with Crippen molar-refractivity contribution in [3.05, 3.63) is 59.1 Å². The lowest BCUT2D eigenvalue weighted by Crippen LogP contribution is -2.38. The van der Waals surface area contributed by atoms with Gasteiger partial charge in [-0.15, -0.1) is 0 Å². The molecule has 2 rings (SSSR count). The molecule has 5 heteroatoms. The monoisotopic (exact) mass is 500 g/mol. The zero-order chi connectivity index (χ0) is 25.5. The predicted molar refractivity (Wildman–Crippen MR) is 148 cm³/mol. The van der Waals surface area contributed by atoms with E-state index in [9.17, 15) is 4.79 Å². The van der Waals surface area contributed by atoms with E-state index < -0.39 is 0 Å². The number of amides is 1. The summed E-state index contributed by atoms with van der Waals surface area (Å²) in [4.78, 5) is 17.8. The number of hydrogen-bond acceptors (Lipinski definition) is 3. The summed E-state index contributed by atoms with van der Waals surface area (Å²) in [5.74, 6) is 1.78. The SMILES string of the molecule is CCCCCCCC(=O)N(Cc1cccc(Oc2ccc(Cl)cc2)c1)C(C)CCCN(CC)CC. The lowest BCUT2D eigenvalue weighted by Gasteiger charge is -2.30. The smallest absolute Gasteiger partial charge is 0.223 e. The molecule has 1 unspecified atom stereocenters. The first-order valence-corrected chi connectivity index (χ1v) is 13.9. The van der Waals surface area contributed by atoms with Crippen molar-refractivity contribution in [1.82, 2.24) is 9.80 Å². The second-order valence-electron chi connectivity index (χ2n) is 9.41. The molecule has 35 heavy (non-hydrogen) atoms. The molecule has 0 heterocycles. The Hall–Kier alpha value is -2.04. The van der Waals surface area contributed by atoms with Gasteiger partial charge in [0.2, 0.25) is 5.91 Å². The van der Waals surface area contributed by atoms with Gasteiger partial charge in [-0.1, -0.05) is 70.2 Å². The molecule has 0 aliphatic rings. The molecule has 0 aromatic heterocycles. The largest absolute Gasteiger partial charge is 0.457 e. The van der Waals surface area contributed by atoms with Crippen LogP contribution in [0.5, 0.6) is 11.5 Å². The fourth-order valence-corrected chi connectivity index (χ4v) is 4.49. The quantitative estimate of drug-likeness (QED) is 0.205. The van der Waals surface area contributed by atoms with Gasteiger partial charge in [0, 0.05) is 24.0 Å². The van der Waals surface area contributed by atoms with Crippen LogP contribution in [0, 0.1) is 0 Å². The van der Waals surface area contributed by atoms with Gasteiger partial charge in [0.15, 0.2) is 0 Å². The van der Waals surface area contributed by atoms with Crippen molar-refractivity contribution in [1.29, 1.82) is 0 Å². The molecule has 0 saturated heterocycles. The molecule has 0 aliphatic carbocycles. The Labute approximate surface area is 218 Å². The molecule has 0 saturated carbocycles. The third-order valence-electron chi connectivity index (χ3n) is 6.64. The first-order valence-electron chi connectivity index (χ1n) is 13.5. The van der Waals surface area contributed by atoms with E-state index in [-0.39, 0.29) is 11.9 Å². The highest BCUT2D eigenvalue weighted by molar-refractivity contribution is 6.30. The van der Waals surface area contributed by atoms with E-state index in [1.807, 2.05) is 42.5 Å². The van der Waals surface area contributed by atoms with E-state index in [0.29, 0.717) is 18.0 Å². The highest BCUT2D eigenvalue weighted by Gasteiger charge is 2.20. The third kappa shape index (κ3) is 11.0. The van der Waals surface area contributed by atoms with E-state index in [1.54, 1.807) is 0 Å². The molecule has 1 atom stereocenters. The van der Waals surface area contributed by atoms with Gasteiger partial charge in [-0.05, 0) is 87.8 Å². The minimum absolute atomic E-state index is 0.203. The van der Waals surface area contributed by atoms with Crippen LogP contribution in [0.1, 0.15) is 84.6 Å². The van der Waals surface area contributed by atoms with Crippen LogP contribution in [0.15, 0.2) is 48.5 Å². The van der Waals surface area contributed by atoms with Crippen molar-refractivity contribution in [3.8, 4) is 11.5 Å². The molecular formula is C30H45ClN2O2. The Morgan fingerprint density at radius 3 is 2.31 bits per heavy atom. The normalized spacial score (nSPS) is 12.1. The summed E-state index contributed by atoms with van der Waals surface area (Å²) in [5.41, 5.74) is 1.09. The summed E-state index contributed by atoms with van der Waals surface area (Å²) in [6.07, 6.45) is 8.54. The van der Waals surface area contributed by atoms with Gasteiger partial charge >= 0.3 is 0 Å². The maximum absolute atomic E-state index is 13.3. The summed E-state index contributed by atoms with van der Waals surface area (Å²) in [7, 11) is 0. The summed E-state index contributed by atoms with van der Waals surface area (Å²) in [5, 5.41) is 0.685. The highest BCUT2D eigenvalue weighted by Crippen LogP contribution is 2.25. The first kappa shape index (κ1) is 29.2. The van der Waals surface area contributed by atoms with Crippen molar-refractivity contribution < 1.29 is 9.53 Å². The number of hydrogen-bond donors (Lipinski definition) is 0. The van der Waals surface area contributed by atoms with Crippen LogP contribution in [0.3, 0.4) is 0 Å². The minimum Gasteiger partial charge on any atom is -0.457 e. The molecular weight excluding hydrogens is 456 g/mol. The van der Waals surface area contributed by atoms with Gasteiger partial charge in [0.25, 0.3) is 0 Å². The zero-order valence-electron chi connectivity index (χ0n) is 22.3. The summed E-state index contributed by atoms with van der Waals surface area (Å²) in [6, 6.07) is 15.6. The second-order valence-corrected chi connectivity index (χ2v) is 9.84. The van der Waals surface area contributed by atoms with Crippen LogP contribution in [-0.2, 0) is 11.3 Å². The van der Waals surface area contributed by atoms with Crippen molar-refractivity contribution >= 4 is 17.5 Å². The molecule has 0 aliphatic heterocycles. The average Bonchev–Trinajstić information content (AvgIpc) is 2.86. The van der Waals surface area contributed by atoms with Gasteiger partial charge in [0.1, 0.15) is 11.5 Å². The van der Waals surface area contributed by atoms with Gasteiger partial charge in [-0.3, -0.25) is 4.79 Å². The fourth-order valence-electron chi connectivity index (χ4n) is 4.36. The molecule has 0 bridgehead atoms. The van der Waals surface area contributed by atoms with Crippen LogP contribution >= 0.6 is 11.6 Å². The molecule has 1 amide bonds. The molecule has 0 fully saturated rings. The maximum Gasteiger partial charge on any atom is 0.223 e.